The minimum absolute atomic E-state index is 1.36. The van der Waals surface area contributed by atoms with E-state index < -0.39 is 0 Å². The Hall–Kier alpha value is 2.42. The molecule has 0 spiro atoms. The summed E-state index contributed by atoms with van der Waals surface area (Å²) >= 11 is 9.35. The fourth-order valence-corrected chi connectivity index (χ4v) is 19.3. The van der Waals surface area contributed by atoms with Gasteiger partial charge >= 0.3 is 0 Å². The van der Waals surface area contributed by atoms with E-state index in [9.17, 15) is 0 Å². The summed E-state index contributed by atoms with van der Waals surface area (Å²) in [4.78, 5) is 0. The second-order valence-corrected chi connectivity index (χ2v) is 16.5. The van der Waals surface area contributed by atoms with Gasteiger partial charge in [-0.05, 0) is 0 Å². The van der Waals surface area contributed by atoms with Crippen LogP contribution in [-0.2, 0) is 102 Å². The SMILES string of the molecule is S=S=S=S=S=S=S=S=S=S=S. The molecule has 0 N–H and O–H groups in total. The molecule has 0 aliphatic heterocycles. The van der Waals surface area contributed by atoms with Gasteiger partial charge in [0.15, 0.2) is 0 Å². The molecule has 0 rings (SSSR count). The van der Waals surface area contributed by atoms with Crippen molar-refractivity contribution in [3.63, 3.8) is 0 Å². The first-order valence-electron chi connectivity index (χ1n) is 1.67. The summed E-state index contributed by atoms with van der Waals surface area (Å²) in [6, 6.07) is 0. The lowest BCUT2D eigenvalue weighted by Crippen LogP contribution is -1.37. The van der Waals surface area contributed by atoms with Crippen LogP contribution in [0.5, 0.6) is 0 Å². The molecule has 0 radical (unpaired) electrons. The Bertz CT molecular complexity index is 394. The van der Waals surface area contributed by atoms with E-state index >= 15 is 0 Å². The minimum Gasteiger partial charge on any atom is 0 e. The average molecular weight is 353 g/mol. The molecule has 66 valence electrons. The monoisotopic (exact) mass is 352 g/mol. The van der Waals surface area contributed by atoms with E-state index in [0.717, 1.165) is 0 Å². The van der Waals surface area contributed by atoms with Crippen LogP contribution in [0.2, 0.25) is 0 Å². The van der Waals surface area contributed by atoms with E-state index in [1.165, 1.54) is 17.8 Å². The van der Waals surface area contributed by atoms with Gasteiger partial charge < -0.3 is 0 Å². The van der Waals surface area contributed by atoms with E-state index in [-0.39, 0.29) is 0 Å². The van der Waals surface area contributed by atoms with Gasteiger partial charge in [0, 0.05) is 102 Å². The summed E-state index contributed by atoms with van der Waals surface area (Å²) in [5.74, 6) is 0. The van der Waals surface area contributed by atoms with E-state index in [1.807, 2.05) is 0 Å². The third kappa shape index (κ3) is 12.4. The van der Waals surface area contributed by atoms with Crippen molar-refractivity contribution < 1.29 is 0 Å². The molecular formula is S11. The Kier molecular flexibility index (Phi) is 15.2. The first-order chi connectivity index (χ1) is 5.41. The molecule has 0 fully saturated rings. The van der Waals surface area contributed by atoms with Gasteiger partial charge in [-0.15, -0.1) is 0 Å². The van der Waals surface area contributed by atoms with Crippen molar-refractivity contribution in [2.45, 2.75) is 0 Å². The first-order valence-corrected chi connectivity index (χ1v) is 15.0. The highest BCUT2D eigenvalue weighted by Crippen LogP contribution is 1.37. The first kappa shape index (κ1) is 13.4. The van der Waals surface area contributed by atoms with Crippen molar-refractivity contribution >= 4 is 102 Å². The molecule has 0 aromatic heterocycles. The van der Waals surface area contributed by atoms with Gasteiger partial charge in [-0.3, -0.25) is 0 Å². The normalized spacial score (nSPS) is 6.91. The van der Waals surface area contributed by atoms with Gasteiger partial charge in [-0.2, -0.15) is 0 Å². The second-order valence-electron chi connectivity index (χ2n) is 0.612. The van der Waals surface area contributed by atoms with Crippen molar-refractivity contribution in [1.29, 1.82) is 0 Å². The highest BCUT2D eigenvalue weighted by molar-refractivity contribution is 8.74. The Morgan fingerprint density at radius 2 is 0.727 bits per heavy atom. The lowest BCUT2D eigenvalue weighted by molar-refractivity contribution is 6.00. The van der Waals surface area contributed by atoms with Gasteiger partial charge in [0.1, 0.15) is 0 Å². The van der Waals surface area contributed by atoms with Crippen molar-refractivity contribution in [2.75, 3.05) is 0 Å². The van der Waals surface area contributed by atoms with Crippen molar-refractivity contribution in [3.05, 3.63) is 0 Å². The highest BCUT2D eigenvalue weighted by Gasteiger charge is 1.37. The molecule has 11 heteroatoms. The predicted octanol–water partition coefficient (Wildman–Crippen LogP) is -0.0264. The van der Waals surface area contributed by atoms with Gasteiger partial charge in [-0.25, -0.2) is 0 Å². The lowest BCUT2D eigenvalue weighted by Gasteiger charge is -1.37. The van der Waals surface area contributed by atoms with Gasteiger partial charge in [0.2, 0.25) is 0 Å². The van der Waals surface area contributed by atoms with Crippen LogP contribution in [-0.4, -0.2) is 0 Å². The molecule has 0 aliphatic rings. The van der Waals surface area contributed by atoms with E-state index in [0.29, 0.717) is 0 Å². The third-order valence-electron chi connectivity index (χ3n) is 0.222. The fraction of sp³-hybridized carbons (Fsp3) is 0. The molecule has 0 saturated carbocycles. The Morgan fingerprint density at radius 1 is 0.455 bits per heavy atom. The second kappa shape index (κ2) is 12.4. The molecule has 11 heavy (non-hydrogen) atoms. The maximum atomic E-state index is 4.67. The van der Waals surface area contributed by atoms with Crippen LogP contribution in [0.15, 0.2) is 0 Å². The summed E-state index contributed by atoms with van der Waals surface area (Å²) in [6.07, 6.45) is 0. The summed E-state index contributed by atoms with van der Waals surface area (Å²) in [5.41, 5.74) is 0. The zero-order valence-electron chi connectivity index (χ0n) is 4.49. The van der Waals surface area contributed by atoms with E-state index in [4.69, 9.17) is 0 Å². The predicted molar refractivity (Wildman–Crippen MR) is 81.0 cm³/mol. The number of hydrogen-bond acceptors (Lipinski definition) is 2. The summed E-state index contributed by atoms with van der Waals surface area (Å²) in [6.45, 7) is 0. The molecule has 0 aromatic rings. The van der Waals surface area contributed by atoms with Crippen molar-refractivity contribution in [2.24, 2.45) is 0 Å². The lowest BCUT2D eigenvalue weighted by atomic mass is 30.7. The van der Waals surface area contributed by atoms with Crippen LogP contribution >= 0.6 is 0 Å². The summed E-state index contributed by atoms with van der Waals surface area (Å²) in [5, 5.41) is 0. The van der Waals surface area contributed by atoms with Crippen molar-refractivity contribution in [3.8, 4) is 0 Å². The maximum absolute atomic E-state index is 4.67. The molecule has 0 unspecified atom stereocenters. The Labute approximate surface area is 100 Å². The summed E-state index contributed by atoms with van der Waals surface area (Å²) < 4.78 is 0. The van der Waals surface area contributed by atoms with Gasteiger partial charge in [0.05, 0.1) is 0 Å². The Morgan fingerprint density at radius 3 is 1.00 bits per heavy atom. The smallest absolute Gasteiger partial charge is 0 e. The number of rotatable bonds is 0. The minimum atomic E-state index is 1.36. The molecular weight excluding hydrogens is 353 g/mol. The van der Waals surface area contributed by atoms with Crippen LogP contribution in [0.1, 0.15) is 0 Å². The van der Waals surface area contributed by atoms with Crippen LogP contribution in [0, 0.1) is 0 Å². The average Bonchev–Trinajstić information content (AvgIpc) is 2.03. The fourth-order valence-electron chi connectivity index (χ4n) is 0.0794. The molecule has 0 atom stereocenters. The molecule has 0 heterocycles. The van der Waals surface area contributed by atoms with E-state index in [2.05, 4.69) is 22.4 Å². The molecule has 0 saturated heterocycles. The Balaban J connectivity index is 5.38. The summed E-state index contributed by atoms with van der Waals surface area (Å²) in [7, 11) is 14.5. The number of hydrogen-bond donors (Lipinski definition) is 0. The zero-order valence-corrected chi connectivity index (χ0v) is 13.5. The topological polar surface area (TPSA) is 0 Å². The standard InChI is InChI=1S/S11/c1-3-5-7-9-11-10-8-6-4-2. The van der Waals surface area contributed by atoms with Crippen LogP contribution < -0.4 is 0 Å². The van der Waals surface area contributed by atoms with Crippen LogP contribution in [0.4, 0.5) is 0 Å². The maximum Gasteiger partial charge on any atom is 0 e. The molecule has 0 aromatic carbocycles. The van der Waals surface area contributed by atoms with E-state index in [1.54, 1.807) is 62.2 Å². The van der Waals surface area contributed by atoms with Gasteiger partial charge in [-0.1, -0.05) is 0 Å². The molecule has 0 bridgehead atoms. The largest absolute Gasteiger partial charge is 0 e. The molecule has 0 amide bonds. The third-order valence-corrected chi connectivity index (χ3v) is 18.0. The van der Waals surface area contributed by atoms with Crippen LogP contribution in [0.3, 0.4) is 0 Å². The van der Waals surface area contributed by atoms with Crippen molar-refractivity contribution in [1.82, 2.24) is 0 Å². The molecule has 0 nitrogen and oxygen atoms in total. The molecule has 0 aliphatic carbocycles. The highest BCUT2D eigenvalue weighted by atomic mass is 33.4. The zero-order chi connectivity index (χ0) is 8.36. The van der Waals surface area contributed by atoms with Gasteiger partial charge in [0.25, 0.3) is 0 Å². The quantitative estimate of drug-likeness (QED) is 0.601. The van der Waals surface area contributed by atoms with Crippen LogP contribution in [0.25, 0.3) is 0 Å².